The summed E-state index contributed by atoms with van der Waals surface area (Å²) in [5.41, 5.74) is 0.0737. The molecule has 1 unspecified atom stereocenters. The minimum Gasteiger partial charge on any atom is -0.497 e. The SMILES string of the molecule is COc1ccc(Cc2nc(C(=O)NC(c3ccc(C(F)(F)F)cc3)C(C)C)cc(=O)[nH]2)cc1. The van der Waals surface area contributed by atoms with Gasteiger partial charge in [-0.05, 0) is 41.3 Å². The van der Waals surface area contributed by atoms with E-state index < -0.39 is 29.2 Å². The molecule has 0 aliphatic rings. The van der Waals surface area contributed by atoms with Crippen LogP contribution in [0.5, 0.6) is 5.75 Å². The summed E-state index contributed by atoms with van der Waals surface area (Å²) in [6, 6.07) is 12.4. The first kappa shape index (κ1) is 24.0. The van der Waals surface area contributed by atoms with Crippen LogP contribution < -0.4 is 15.6 Å². The first-order valence-corrected chi connectivity index (χ1v) is 10.3. The molecule has 9 heteroatoms. The van der Waals surface area contributed by atoms with Gasteiger partial charge in [0.2, 0.25) is 0 Å². The van der Waals surface area contributed by atoms with Gasteiger partial charge in [0, 0.05) is 12.5 Å². The number of benzene rings is 2. The van der Waals surface area contributed by atoms with Crippen molar-refractivity contribution in [3.05, 3.63) is 93.2 Å². The maximum atomic E-state index is 12.9. The Labute approximate surface area is 188 Å². The highest BCUT2D eigenvalue weighted by Crippen LogP contribution is 2.31. The molecular formula is C24H24F3N3O3. The Morgan fingerprint density at radius 1 is 1.09 bits per heavy atom. The van der Waals surface area contributed by atoms with Gasteiger partial charge in [-0.25, -0.2) is 4.98 Å². The van der Waals surface area contributed by atoms with Crippen molar-refractivity contribution in [3.8, 4) is 5.75 Å². The highest BCUT2D eigenvalue weighted by atomic mass is 19.4. The monoisotopic (exact) mass is 459 g/mol. The Bertz CT molecular complexity index is 1150. The van der Waals surface area contributed by atoms with Gasteiger partial charge >= 0.3 is 6.18 Å². The van der Waals surface area contributed by atoms with Crippen molar-refractivity contribution >= 4 is 5.91 Å². The summed E-state index contributed by atoms with van der Waals surface area (Å²) in [6.45, 7) is 3.67. The zero-order chi connectivity index (χ0) is 24.2. The Balaban J connectivity index is 1.80. The van der Waals surface area contributed by atoms with E-state index in [2.05, 4.69) is 15.3 Å². The van der Waals surface area contributed by atoms with Crippen molar-refractivity contribution in [3.63, 3.8) is 0 Å². The number of carbonyl (C=O) groups is 1. The van der Waals surface area contributed by atoms with Gasteiger partial charge in [0.1, 0.15) is 17.3 Å². The standard InChI is InChI=1S/C24H24F3N3O3/c1-14(2)22(16-6-8-17(9-7-16)24(25,26)27)30-23(32)19-13-21(31)29-20(28-19)12-15-4-10-18(33-3)11-5-15/h4-11,13-14,22H,12H2,1-3H3,(H,30,32)(H,28,29,31). The number of methoxy groups -OCH3 is 1. The summed E-state index contributed by atoms with van der Waals surface area (Å²) >= 11 is 0. The summed E-state index contributed by atoms with van der Waals surface area (Å²) in [4.78, 5) is 31.9. The lowest BCUT2D eigenvalue weighted by molar-refractivity contribution is -0.137. The molecule has 2 N–H and O–H groups in total. The molecule has 33 heavy (non-hydrogen) atoms. The molecule has 0 aliphatic carbocycles. The van der Waals surface area contributed by atoms with Gasteiger partial charge in [0.15, 0.2) is 0 Å². The van der Waals surface area contributed by atoms with Gasteiger partial charge in [0.05, 0.1) is 18.7 Å². The number of aromatic amines is 1. The number of amides is 1. The lowest BCUT2D eigenvalue weighted by Crippen LogP contribution is -2.33. The molecule has 0 radical (unpaired) electrons. The number of hydrogen-bond acceptors (Lipinski definition) is 4. The van der Waals surface area contributed by atoms with Crippen LogP contribution in [-0.2, 0) is 12.6 Å². The van der Waals surface area contributed by atoms with Crippen LogP contribution in [0, 0.1) is 5.92 Å². The van der Waals surface area contributed by atoms with E-state index in [1.165, 1.54) is 12.1 Å². The van der Waals surface area contributed by atoms with Gasteiger partial charge in [-0.1, -0.05) is 38.1 Å². The normalized spacial score (nSPS) is 12.5. The fraction of sp³-hybridized carbons (Fsp3) is 0.292. The first-order valence-electron chi connectivity index (χ1n) is 10.3. The van der Waals surface area contributed by atoms with Gasteiger partial charge in [0.25, 0.3) is 11.5 Å². The highest BCUT2D eigenvalue weighted by molar-refractivity contribution is 5.92. The molecule has 0 fully saturated rings. The van der Waals surface area contributed by atoms with Crippen molar-refractivity contribution in [2.75, 3.05) is 7.11 Å². The Kier molecular flexibility index (Phi) is 7.20. The number of aromatic nitrogens is 2. The number of halogens is 3. The molecule has 174 valence electrons. The molecule has 3 aromatic rings. The Morgan fingerprint density at radius 2 is 1.73 bits per heavy atom. The number of nitrogens with zero attached hydrogens (tertiary/aromatic N) is 1. The predicted molar refractivity (Wildman–Crippen MR) is 117 cm³/mol. The zero-order valence-electron chi connectivity index (χ0n) is 18.4. The molecule has 0 spiro atoms. The van der Waals surface area contributed by atoms with Crippen LogP contribution in [-0.4, -0.2) is 23.0 Å². The number of ether oxygens (including phenoxy) is 1. The summed E-state index contributed by atoms with van der Waals surface area (Å²) in [5.74, 6) is 0.298. The van der Waals surface area contributed by atoms with E-state index >= 15 is 0 Å². The van der Waals surface area contributed by atoms with Crippen LogP contribution in [0.25, 0.3) is 0 Å². The maximum absolute atomic E-state index is 12.9. The van der Waals surface area contributed by atoms with Crippen LogP contribution in [0.4, 0.5) is 13.2 Å². The van der Waals surface area contributed by atoms with E-state index in [1.54, 1.807) is 19.2 Å². The number of carbonyl (C=O) groups excluding carboxylic acids is 1. The molecule has 1 heterocycles. The number of H-pyrrole nitrogens is 1. The topological polar surface area (TPSA) is 84.1 Å². The molecule has 1 aromatic heterocycles. The maximum Gasteiger partial charge on any atom is 0.416 e. The van der Waals surface area contributed by atoms with E-state index in [0.717, 1.165) is 23.8 Å². The molecule has 0 bridgehead atoms. The molecule has 3 rings (SSSR count). The van der Waals surface area contributed by atoms with Crippen LogP contribution in [0.3, 0.4) is 0 Å². The first-order chi connectivity index (χ1) is 15.6. The molecule has 0 aliphatic heterocycles. The van der Waals surface area contributed by atoms with Gasteiger partial charge < -0.3 is 15.0 Å². The minimum absolute atomic E-state index is 0.0696. The fourth-order valence-corrected chi connectivity index (χ4v) is 3.37. The molecule has 0 saturated carbocycles. The second kappa shape index (κ2) is 9.89. The smallest absolute Gasteiger partial charge is 0.416 e. The molecule has 2 aromatic carbocycles. The molecule has 6 nitrogen and oxygen atoms in total. The van der Waals surface area contributed by atoms with Crippen LogP contribution in [0.2, 0.25) is 0 Å². The third-order valence-corrected chi connectivity index (χ3v) is 5.10. The van der Waals surface area contributed by atoms with E-state index in [1.807, 2.05) is 26.0 Å². The minimum atomic E-state index is -4.44. The summed E-state index contributed by atoms with van der Waals surface area (Å²) in [5, 5.41) is 2.79. The zero-order valence-corrected chi connectivity index (χ0v) is 18.4. The summed E-state index contributed by atoms with van der Waals surface area (Å²) in [6.07, 6.45) is -4.14. The number of nitrogens with one attached hydrogen (secondary N) is 2. The third-order valence-electron chi connectivity index (χ3n) is 5.10. The van der Waals surface area contributed by atoms with Gasteiger partial charge in [-0.15, -0.1) is 0 Å². The molecule has 1 amide bonds. The second-order valence-electron chi connectivity index (χ2n) is 7.92. The van der Waals surface area contributed by atoms with Crippen molar-refractivity contribution in [2.45, 2.75) is 32.5 Å². The largest absolute Gasteiger partial charge is 0.497 e. The average Bonchev–Trinajstić information content (AvgIpc) is 2.76. The van der Waals surface area contributed by atoms with Gasteiger partial charge in [-0.2, -0.15) is 13.2 Å². The second-order valence-corrected chi connectivity index (χ2v) is 7.92. The van der Waals surface area contributed by atoms with Crippen LogP contribution in [0.15, 0.2) is 59.4 Å². The summed E-state index contributed by atoms with van der Waals surface area (Å²) < 4.78 is 43.7. The highest BCUT2D eigenvalue weighted by Gasteiger charge is 2.30. The number of rotatable bonds is 7. The lowest BCUT2D eigenvalue weighted by Gasteiger charge is -2.23. The van der Waals surface area contributed by atoms with E-state index in [4.69, 9.17) is 4.74 Å². The lowest BCUT2D eigenvalue weighted by atomic mass is 9.95. The van der Waals surface area contributed by atoms with E-state index in [-0.39, 0.29) is 11.6 Å². The summed E-state index contributed by atoms with van der Waals surface area (Å²) in [7, 11) is 1.56. The van der Waals surface area contributed by atoms with Crippen molar-refractivity contribution in [1.29, 1.82) is 0 Å². The quantitative estimate of drug-likeness (QED) is 0.544. The van der Waals surface area contributed by atoms with Crippen LogP contribution >= 0.6 is 0 Å². The third kappa shape index (κ3) is 6.21. The van der Waals surface area contributed by atoms with Gasteiger partial charge in [-0.3, -0.25) is 9.59 Å². The Morgan fingerprint density at radius 3 is 2.27 bits per heavy atom. The van der Waals surface area contributed by atoms with Crippen molar-refractivity contribution in [2.24, 2.45) is 5.92 Å². The van der Waals surface area contributed by atoms with E-state index in [9.17, 15) is 22.8 Å². The van der Waals surface area contributed by atoms with Crippen LogP contribution in [0.1, 0.15) is 52.9 Å². The predicted octanol–water partition coefficient (Wildman–Crippen LogP) is 4.52. The van der Waals surface area contributed by atoms with Crippen molar-refractivity contribution in [1.82, 2.24) is 15.3 Å². The van der Waals surface area contributed by atoms with E-state index in [0.29, 0.717) is 23.6 Å². The molecular weight excluding hydrogens is 435 g/mol. The number of hydrogen-bond donors (Lipinski definition) is 2. The Hall–Kier alpha value is -3.62. The fourth-order valence-electron chi connectivity index (χ4n) is 3.37. The van der Waals surface area contributed by atoms with Crippen molar-refractivity contribution < 1.29 is 22.7 Å². The molecule has 1 atom stereocenters. The molecule has 0 saturated heterocycles. The average molecular weight is 459 g/mol. The number of alkyl halides is 3.